The highest BCUT2D eigenvalue weighted by Gasteiger charge is 2.07. The van der Waals surface area contributed by atoms with E-state index in [1.54, 1.807) is 12.4 Å². The van der Waals surface area contributed by atoms with E-state index in [1.807, 2.05) is 10.7 Å². The monoisotopic (exact) mass is 249 g/mol. The highest BCUT2D eigenvalue weighted by atomic mass is 35.5. The van der Waals surface area contributed by atoms with E-state index in [9.17, 15) is 0 Å². The predicted octanol–water partition coefficient (Wildman–Crippen LogP) is 3.10. The van der Waals surface area contributed by atoms with Gasteiger partial charge in [0, 0.05) is 18.1 Å². The quantitative estimate of drug-likeness (QED) is 0.834. The van der Waals surface area contributed by atoms with Crippen molar-refractivity contribution >= 4 is 11.6 Å². The second-order valence-electron chi connectivity index (χ2n) is 3.96. The van der Waals surface area contributed by atoms with Crippen molar-refractivity contribution in [2.75, 3.05) is 0 Å². The molecule has 0 bridgehead atoms. The molecule has 0 spiro atoms. The first-order valence-corrected chi connectivity index (χ1v) is 6.26. The van der Waals surface area contributed by atoms with Crippen LogP contribution in [0.5, 0.6) is 0 Å². The van der Waals surface area contributed by atoms with Gasteiger partial charge in [0.2, 0.25) is 0 Å². The van der Waals surface area contributed by atoms with Crippen molar-refractivity contribution in [1.29, 1.82) is 0 Å². The zero-order valence-corrected chi connectivity index (χ0v) is 10.9. The van der Waals surface area contributed by atoms with Gasteiger partial charge in [-0.25, -0.2) is 0 Å². The number of rotatable bonds is 4. The number of halogens is 1. The minimum absolute atomic E-state index is 0.697. The predicted molar refractivity (Wildman–Crippen MR) is 69.3 cm³/mol. The maximum absolute atomic E-state index is 6.11. The Hall–Kier alpha value is -1.35. The third kappa shape index (κ3) is 2.67. The fourth-order valence-corrected chi connectivity index (χ4v) is 1.98. The maximum Gasteiger partial charge on any atom is 0.0678 e. The molecular formula is C13H16ClN3. The van der Waals surface area contributed by atoms with Gasteiger partial charge in [-0.2, -0.15) is 5.10 Å². The molecule has 2 aromatic heterocycles. The zero-order valence-electron chi connectivity index (χ0n) is 10.2. The number of pyridine rings is 1. The van der Waals surface area contributed by atoms with Gasteiger partial charge in [0.1, 0.15) is 0 Å². The van der Waals surface area contributed by atoms with E-state index in [2.05, 4.69) is 30.0 Å². The van der Waals surface area contributed by atoms with Gasteiger partial charge in [-0.3, -0.25) is 9.67 Å². The van der Waals surface area contributed by atoms with Crippen LogP contribution in [0.15, 0.2) is 24.5 Å². The van der Waals surface area contributed by atoms with Gasteiger partial charge in [0.15, 0.2) is 0 Å². The summed E-state index contributed by atoms with van der Waals surface area (Å²) in [5, 5.41) is 5.27. The highest BCUT2D eigenvalue weighted by Crippen LogP contribution is 2.16. The Balaban J connectivity index is 2.29. The van der Waals surface area contributed by atoms with Crippen molar-refractivity contribution in [2.24, 2.45) is 0 Å². The van der Waals surface area contributed by atoms with Gasteiger partial charge in [-0.1, -0.05) is 25.4 Å². The van der Waals surface area contributed by atoms with E-state index >= 15 is 0 Å². The van der Waals surface area contributed by atoms with Crippen LogP contribution in [0.2, 0.25) is 5.02 Å². The minimum Gasteiger partial charge on any atom is -0.265 e. The Kier molecular flexibility index (Phi) is 3.79. The molecule has 0 aliphatic rings. The molecule has 0 saturated heterocycles. The highest BCUT2D eigenvalue weighted by molar-refractivity contribution is 6.31. The molecule has 3 nitrogen and oxygen atoms in total. The Morgan fingerprint density at radius 3 is 2.76 bits per heavy atom. The summed E-state index contributed by atoms with van der Waals surface area (Å²) in [6.07, 6.45) is 5.38. The third-order valence-corrected chi connectivity index (χ3v) is 3.16. The lowest BCUT2D eigenvalue weighted by molar-refractivity contribution is 0.640. The summed E-state index contributed by atoms with van der Waals surface area (Å²) in [6, 6.07) is 4.10. The van der Waals surface area contributed by atoms with Crippen molar-refractivity contribution in [2.45, 2.75) is 33.2 Å². The Morgan fingerprint density at radius 1 is 1.29 bits per heavy atom. The van der Waals surface area contributed by atoms with Crippen LogP contribution < -0.4 is 0 Å². The molecule has 0 N–H and O–H groups in total. The molecule has 0 aliphatic heterocycles. The first-order valence-electron chi connectivity index (χ1n) is 5.88. The van der Waals surface area contributed by atoms with E-state index in [1.165, 1.54) is 5.69 Å². The first-order chi connectivity index (χ1) is 8.24. The molecule has 0 aromatic carbocycles. The standard InChI is InChI=1S/C13H16ClN3/c1-3-11-7-12(4-2)17(16-11)9-10-5-6-15-8-13(10)14/h5-8H,3-4,9H2,1-2H3. The molecule has 0 radical (unpaired) electrons. The van der Waals surface area contributed by atoms with Crippen LogP contribution in [0.3, 0.4) is 0 Å². The topological polar surface area (TPSA) is 30.7 Å². The smallest absolute Gasteiger partial charge is 0.0678 e. The average molecular weight is 250 g/mol. The summed E-state index contributed by atoms with van der Waals surface area (Å²) in [6.45, 7) is 4.97. The van der Waals surface area contributed by atoms with Crippen LogP contribution in [0.1, 0.15) is 30.8 Å². The lowest BCUT2D eigenvalue weighted by atomic mass is 10.2. The van der Waals surface area contributed by atoms with E-state index in [-0.39, 0.29) is 0 Å². The molecule has 0 unspecified atom stereocenters. The van der Waals surface area contributed by atoms with Gasteiger partial charge < -0.3 is 0 Å². The number of nitrogens with zero attached hydrogens (tertiary/aromatic N) is 3. The van der Waals surface area contributed by atoms with Crippen LogP contribution in [0.4, 0.5) is 0 Å². The van der Waals surface area contributed by atoms with Crippen LogP contribution in [-0.2, 0) is 19.4 Å². The second kappa shape index (κ2) is 5.32. The molecule has 0 amide bonds. The van der Waals surface area contributed by atoms with Gasteiger partial charge in [-0.15, -0.1) is 0 Å². The largest absolute Gasteiger partial charge is 0.265 e. The Morgan fingerprint density at radius 2 is 2.12 bits per heavy atom. The fourth-order valence-electron chi connectivity index (χ4n) is 1.80. The molecule has 4 heteroatoms. The summed E-state index contributed by atoms with van der Waals surface area (Å²) in [5.74, 6) is 0. The SMILES string of the molecule is CCc1cc(CC)n(Cc2ccncc2Cl)n1. The molecule has 0 aliphatic carbocycles. The lowest BCUT2D eigenvalue weighted by Gasteiger charge is -2.07. The average Bonchev–Trinajstić information content (AvgIpc) is 2.74. The number of hydrogen-bond donors (Lipinski definition) is 0. The van der Waals surface area contributed by atoms with E-state index < -0.39 is 0 Å². The lowest BCUT2D eigenvalue weighted by Crippen LogP contribution is -2.06. The van der Waals surface area contributed by atoms with Crippen molar-refractivity contribution in [3.8, 4) is 0 Å². The van der Waals surface area contributed by atoms with E-state index in [0.29, 0.717) is 11.6 Å². The Bertz CT molecular complexity index is 505. The number of aryl methyl sites for hydroxylation is 2. The van der Waals surface area contributed by atoms with Crippen molar-refractivity contribution in [3.63, 3.8) is 0 Å². The molecule has 0 saturated carbocycles. The third-order valence-electron chi connectivity index (χ3n) is 2.81. The summed E-state index contributed by atoms with van der Waals surface area (Å²) < 4.78 is 2.03. The second-order valence-corrected chi connectivity index (χ2v) is 4.37. The summed E-state index contributed by atoms with van der Waals surface area (Å²) in [4.78, 5) is 3.99. The van der Waals surface area contributed by atoms with Crippen LogP contribution in [0.25, 0.3) is 0 Å². The molecule has 0 atom stereocenters. The minimum atomic E-state index is 0.697. The summed E-state index contributed by atoms with van der Waals surface area (Å²) in [5.41, 5.74) is 3.43. The molecule has 0 fully saturated rings. The zero-order chi connectivity index (χ0) is 12.3. The van der Waals surface area contributed by atoms with Crippen molar-refractivity contribution < 1.29 is 0 Å². The molecule has 2 heterocycles. The maximum atomic E-state index is 6.11. The molecule has 17 heavy (non-hydrogen) atoms. The van der Waals surface area contributed by atoms with Crippen LogP contribution >= 0.6 is 11.6 Å². The molecule has 2 rings (SSSR count). The normalized spacial score (nSPS) is 10.8. The van der Waals surface area contributed by atoms with Gasteiger partial charge in [-0.05, 0) is 30.5 Å². The van der Waals surface area contributed by atoms with Gasteiger partial charge >= 0.3 is 0 Å². The molecule has 2 aromatic rings. The molecule has 90 valence electrons. The van der Waals surface area contributed by atoms with Crippen LogP contribution in [0, 0.1) is 0 Å². The number of hydrogen-bond acceptors (Lipinski definition) is 2. The first kappa shape index (κ1) is 12.1. The van der Waals surface area contributed by atoms with E-state index in [4.69, 9.17) is 11.6 Å². The molecular weight excluding hydrogens is 234 g/mol. The summed E-state index contributed by atoms with van der Waals surface area (Å²) >= 11 is 6.11. The Labute approximate surface area is 106 Å². The number of aromatic nitrogens is 3. The van der Waals surface area contributed by atoms with E-state index in [0.717, 1.165) is 24.1 Å². The van der Waals surface area contributed by atoms with Gasteiger partial charge in [0.25, 0.3) is 0 Å². The van der Waals surface area contributed by atoms with Gasteiger partial charge in [0.05, 0.1) is 17.3 Å². The van der Waals surface area contributed by atoms with Crippen molar-refractivity contribution in [1.82, 2.24) is 14.8 Å². The fraction of sp³-hybridized carbons (Fsp3) is 0.385. The van der Waals surface area contributed by atoms with Crippen LogP contribution in [-0.4, -0.2) is 14.8 Å². The van der Waals surface area contributed by atoms with Crippen molar-refractivity contribution in [3.05, 3.63) is 46.5 Å². The summed E-state index contributed by atoms with van der Waals surface area (Å²) in [7, 11) is 0.